The fourth-order valence-corrected chi connectivity index (χ4v) is 2.49. The van der Waals surface area contributed by atoms with Gasteiger partial charge in [-0.15, -0.1) is 0 Å². The van der Waals surface area contributed by atoms with Crippen molar-refractivity contribution in [1.29, 1.82) is 0 Å². The van der Waals surface area contributed by atoms with Gasteiger partial charge in [-0.05, 0) is 17.2 Å². The first-order valence-corrected chi connectivity index (χ1v) is 5.79. The van der Waals surface area contributed by atoms with Gasteiger partial charge in [-0.3, -0.25) is 15.0 Å². The molecule has 2 atom stereocenters. The number of fused-ring (bicyclic) bond motifs is 1. The molecule has 0 bridgehead atoms. The Balaban J connectivity index is 1.91. The molecule has 2 aliphatic heterocycles. The average Bonchev–Trinajstić information content (AvgIpc) is 2.91. The summed E-state index contributed by atoms with van der Waals surface area (Å²) in [7, 11) is 0. The highest BCUT2D eigenvalue weighted by molar-refractivity contribution is 5.99. The molecule has 18 heavy (non-hydrogen) atoms. The summed E-state index contributed by atoms with van der Waals surface area (Å²) in [6.45, 7) is 0.397. The smallest absolute Gasteiger partial charge is 0.309 e. The van der Waals surface area contributed by atoms with Crippen LogP contribution in [0.5, 0.6) is 0 Å². The Kier molecular flexibility index (Phi) is 2.53. The molecule has 0 aromatic heterocycles. The molecule has 1 aromatic rings. The van der Waals surface area contributed by atoms with Crippen LogP contribution in [-0.4, -0.2) is 23.5 Å². The minimum atomic E-state index is -0.827. The summed E-state index contributed by atoms with van der Waals surface area (Å²) in [5, 5.41) is 11.9. The molecule has 1 amide bonds. The first kappa shape index (κ1) is 11.2. The minimum Gasteiger partial charge on any atom is -0.481 e. The van der Waals surface area contributed by atoms with Crippen molar-refractivity contribution in [2.45, 2.75) is 12.5 Å². The third-order valence-electron chi connectivity index (χ3n) is 3.41. The standard InChI is InChI=1S/C12H13N3O3/c16-10-4-7-3-6(1-2-9(7)14-10)11-8(12(17)18)5-13-15-11/h1-3,8,11,13,15H,4-5H2,(H,14,16)(H,17,18). The molecule has 1 aromatic carbocycles. The number of aliphatic carboxylic acids is 1. The van der Waals surface area contributed by atoms with Crippen LogP contribution in [0, 0.1) is 5.92 Å². The van der Waals surface area contributed by atoms with Crippen molar-refractivity contribution < 1.29 is 14.7 Å². The molecular weight excluding hydrogens is 234 g/mol. The van der Waals surface area contributed by atoms with E-state index in [1.807, 2.05) is 18.2 Å². The van der Waals surface area contributed by atoms with Crippen molar-refractivity contribution in [1.82, 2.24) is 10.9 Å². The molecule has 2 aliphatic rings. The fourth-order valence-electron chi connectivity index (χ4n) is 2.49. The Morgan fingerprint density at radius 2 is 2.22 bits per heavy atom. The molecule has 0 saturated carbocycles. The van der Waals surface area contributed by atoms with E-state index in [9.17, 15) is 9.59 Å². The zero-order valence-corrected chi connectivity index (χ0v) is 9.56. The maximum absolute atomic E-state index is 11.3. The van der Waals surface area contributed by atoms with E-state index in [1.165, 1.54) is 0 Å². The molecule has 4 N–H and O–H groups in total. The van der Waals surface area contributed by atoms with E-state index in [0.29, 0.717) is 13.0 Å². The van der Waals surface area contributed by atoms with Gasteiger partial charge in [-0.1, -0.05) is 12.1 Å². The predicted octanol–water partition coefficient (Wildman–Crippen LogP) is 0.0309. The van der Waals surface area contributed by atoms with E-state index < -0.39 is 11.9 Å². The van der Waals surface area contributed by atoms with Gasteiger partial charge in [-0.2, -0.15) is 0 Å². The molecule has 3 rings (SSSR count). The van der Waals surface area contributed by atoms with E-state index in [-0.39, 0.29) is 11.9 Å². The van der Waals surface area contributed by atoms with Crippen LogP contribution < -0.4 is 16.2 Å². The molecule has 1 fully saturated rings. The van der Waals surface area contributed by atoms with E-state index in [1.54, 1.807) is 0 Å². The number of anilines is 1. The number of amides is 1. The highest BCUT2D eigenvalue weighted by Gasteiger charge is 2.34. The lowest BCUT2D eigenvalue weighted by Gasteiger charge is -2.16. The van der Waals surface area contributed by atoms with Gasteiger partial charge in [-0.25, -0.2) is 5.43 Å². The lowest BCUT2D eigenvalue weighted by atomic mass is 9.93. The van der Waals surface area contributed by atoms with Crippen LogP contribution in [0.4, 0.5) is 5.69 Å². The van der Waals surface area contributed by atoms with E-state index in [2.05, 4.69) is 16.2 Å². The summed E-state index contributed by atoms with van der Waals surface area (Å²) in [6, 6.07) is 5.32. The number of benzene rings is 1. The van der Waals surface area contributed by atoms with Crippen LogP contribution in [0.2, 0.25) is 0 Å². The van der Waals surface area contributed by atoms with Gasteiger partial charge in [0, 0.05) is 12.2 Å². The maximum atomic E-state index is 11.3. The Hall–Kier alpha value is -1.92. The number of hydrogen-bond acceptors (Lipinski definition) is 4. The van der Waals surface area contributed by atoms with Crippen molar-refractivity contribution in [3.05, 3.63) is 29.3 Å². The second kappa shape index (κ2) is 4.08. The topological polar surface area (TPSA) is 90.5 Å². The second-order valence-corrected chi connectivity index (χ2v) is 4.59. The lowest BCUT2D eigenvalue weighted by molar-refractivity contribution is -0.141. The summed E-state index contributed by atoms with van der Waals surface area (Å²) >= 11 is 0. The summed E-state index contributed by atoms with van der Waals surface area (Å²) in [4.78, 5) is 22.4. The molecule has 0 aliphatic carbocycles. The minimum absolute atomic E-state index is 0.0190. The first-order chi connectivity index (χ1) is 8.65. The highest BCUT2D eigenvalue weighted by atomic mass is 16.4. The van der Waals surface area contributed by atoms with Crippen molar-refractivity contribution in [3.63, 3.8) is 0 Å². The fraction of sp³-hybridized carbons (Fsp3) is 0.333. The Bertz CT molecular complexity index is 529. The predicted molar refractivity (Wildman–Crippen MR) is 63.8 cm³/mol. The number of carboxylic acid groups (broad SMARTS) is 1. The molecule has 1 saturated heterocycles. The molecule has 0 radical (unpaired) electrons. The van der Waals surface area contributed by atoms with Gasteiger partial charge in [0.2, 0.25) is 5.91 Å². The highest BCUT2D eigenvalue weighted by Crippen LogP contribution is 2.30. The van der Waals surface area contributed by atoms with Crippen molar-refractivity contribution in [2.75, 3.05) is 11.9 Å². The van der Waals surface area contributed by atoms with Crippen LogP contribution in [-0.2, 0) is 16.0 Å². The number of rotatable bonds is 2. The molecule has 2 heterocycles. The van der Waals surface area contributed by atoms with Crippen LogP contribution in [0.1, 0.15) is 17.2 Å². The number of carbonyl (C=O) groups excluding carboxylic acids is 1. The number of hydrogen-bond donors (Lipinski definition) is 4. The average molecular weight is 247 g/mol. The van der Waals surface area contributed by atoms with Crippen molar-refractivity contribution in [2.24, 2.45) is 5.92 Å². The monoisotopic (exact) mass is 247 g/mol. The third-order valence-corrected chi connectivity index (χ3v) is 3.41. The molecule has 0 spiro atoms. The molecule has 6 nitrogen and oxygen atoms in total. The van der Waals surface area contributed by atoms with Gasteiger partial charge < -0.3 is 10.4 Å². The van der Waals surface area contributed by atoms with E-state index in [0.717, 1.165) is 16.8 Å². The SMILES string of the molecule is O=C1Cc2cc(C3NNCC3C(=O)O)ccc2N1. The Labute approximate surface area is 103 Å². The molecule has 2 unspecified atom stereocenters. The lowest BCUT2D eigenvalue weighted by Crippen LogP contribution is -2.26. The summed E-state index contributed by atoms with van der Waals surface area (Å²) in [5.74, 6) is -1.34. The number of hydrazine groups is 1. The van der Waals surface area contributed by atoms with Crippen LogP contribution >= 0.6 is 0 Å². The van der Waals surface area contributed by atoms with E-state index in [4.69, 9.17) is 5.11 Å². The molecular formula is C12H13N3O3. The number of carboxylic acids is 1. The summed E-state index contributed by atoms with van der Waals surface area (Å²) in [5.41, 5.74) is 8.47. The van der Waals surface area contributed by atoms with Gasteiger partial charge >= 0.3 is 5.97 Å². The van der Waals surface area contributed by atoms with Gasteiger partial charge in [0.15, 0.2) is 0 Å². The normalized spacial score (nSPS) is 25.9. The summed E-state index contributed by atoms with van der Waals surface area (Å²) in [6.07, 6.45) is 0.362. The van der Waals surface area contributed by atoms with Crippen LogP contribution in [0.25, 0.3) is 0 Å². The maximum Gasteiger partial charge on any atom is 0.309 e. The largest absolute Gasteiger partial charge is 0.481 e. The quantitative estimate of drug-likeness (QED) is 0.592. The summed E-state index contributed by atoms with van der Waals surface area (Å²) < 4.78 is 0. The third kappa shape index (κ3) is 1.75. The first-order valence-electron chi connectivity index (χ1n) is 5.79. The zero-order chi connectivity index (χ0) is 12.7. The van der Waals surface area contributed by atoms with E-state index >= 15 is 0 Å². The van der Waals surface area contributed by atoms with Gasteiger partial charge in [0.25, 0.3) is 0 Å². The Morgan fingerprint density at radius 1 is 1.39 bits per heavy atom. The van der Waals surface area contributed by atoms with Crippen molar-refractivity contribution in [3.8, 4) is 0 Å². The van der Waals surface area contributed by atoms with Crippen LogP contribution in [0.15, 0.2) is 18.2 Å². The van der Waals surface area contributed by atoms with Crippen molar-refractivity contribution >= 4 is 17.6 Å². The number of carbonyl (C=O) groups is 2. The van der Waals surface area contributed by atoms with Crippen LogP contribution in [0.3, 0.4) is 0 Å². The zero-order valence-electron chi connectivity index (χ0n) is 9.56. The number of nitrogens with one attached hydrogen (secondary N) is 3. The Morgan fingerprint density at radius 3 is 3.00 bits per heavy atom. The van der Waals surface area contributed by atoms with Gasteiger partial charge in [0.1, 0.15) is 0 Å². The van der Waals surface area contributed by atoms with Gasteiger partial charge in [0.05, 0.1) is 18.4 Å². The molecule has 94 valence electrons. The molecule has 6 heteroatoms. The second-order valence-electron chi connectivity index (χ2n) is 4.59.